The van der Waals surface area contributed by atoms with Crippen LogP contribution in [0.5, 0.6) is 0 Å². The van der Waals surface area contributed by atoms with Crippen LogP contribution < -0.4 is 5.32 Å². The van der Waals surface area contributed by atoms with Crippen molar-refractivity contribution in [2.24, 2.45) is 11.8 Å². The summed E-state index contributed by atoms with van der Waals surface area (Å²) in [6.07, 6.45) is 8.15. The summed E-state index contributed by atoms with van der Waals surface area (Å²) in [5.41, 5.74) is 2.97. The van der Waals surface area contributed by atoms with Crippen LogP contribution in [0.15, 0.2) is 30.6 Å². The third-order valence-corrected chi connectivity index (χ3v) is 8.05. The van der Waals surface area contributed by atoms with E-state index in [1.54, 1.807) is 6.20 Å². The monoisotopic (exact) mass is 428 g/mol. The van der Waals surface area contributed by atoms with Crippen LogP contribution in [0.2, 0.25) is 0 Å². The number of nitrogens with zero attached hydrogens (tertiary/aromatic N) is 3. The molecule has 1 unspecified atom stereocenters. The average molecular weight is 429 g/mol. The van der Waals surface area contributed by atoms with Gasteiger partial charge in [-0.2, -0.15) is 0 Å². The number of aryl methyl sites for hydroxylation is 1. The molecule has 0 aromatic carbocycles. The van der Waals surface area contributed by atoms with E-state index in [1.165, 1.54) is 0 Å². The highest BCUT2D eigenvalue weighted by Gasteiger charge is 2.33. The molecule has 1 aliphatic carbocycles. The van der Waals surface area contributed by atoms with Crippen molar-refractivity contribution in [1.82, 2.24) is 20.3 Å². The van der Waals surface area contributed by atoms with Crippen molar-refractivity contribution in [3.63, 3.8) is 0 Å². The number of hydrogen-bond acceptors (Lipinski definition) is 6. The maximum absolute atomic E-state index is 12.3. The van der Waals surface area contributed by atoms with Crippen LogP contribution in [-0.2, 0) is 14.6 Å². The minimum Gasteiger partial charge on any atom is -0.356 e. The smallest absolute Gasteiger partial charge is 0.224 e. The molecule has 0 radical (unpaired) electrons. The molecule has 2 aromatic rings. The van der Waals surface area contributed by atoms with Crippen LogP contribution >= 0.6 is 0 Å². The zero-order valence-corrected chi connectivity index (χ0v) is 18.1. The number of amides is 1. The van der Waals surface area contributed by atoms with Crippen molar-refractivity contribution in [2.45, 2.75) is 44.9 Å². The van der Waals surface area contributed by atoms with E-state index in [2.05, 4.69) is 15.3 Å². The Balaban J connectivity index is 1.35. The fraction of sp³-hybridized carbons (Fsp3) is 0.545. The van der Waals surface area contributed by atoms with Crippen molar-refractivity contribution in [3.05, 3.63) is 42.1 Å². The largest absolute Gasteiger partial charge is 0.356 e. The molecule has 7 nitrogen and oxygen atoms in total. The maximum atomic E-state index is 12.3. The summed E-state index contributed by atoms with van der Waals surface area (Å²) >= 11 is 0. The van der Waals surface area contributed by atoms with Crippen LogP contribution in [0.1, 0.15) is 49.5 Å². The van der Waals surface area contributed by atoms with Gasteiger partial charge in [-0.05, 0) is 57.1 Å². The zero-order chi connectivity index (χ0) is 21.1. The summed E-state index contributed by atoms with van der Waals surface area (Å²) in [5.74, 6) is 1.19. The summed E-state index contributed by atoms with van der Waals surface area (Å²) in [6.45, 7) is 2.54. The van der Waals surface area contributed by atoms with Gasteiger partial charge in [0.25, 0.3) is 0 Å². The predicted molar refractivity (Wildman–Crippen MR) is 114 cm³/mol. The van der Waals surface area contributed by atoms with Gasteiger partial charge >= 0.3 is 0 Å². The second-order valence-corrected chi connectivity index (χ2v) is 10.7. The van der Waals surface area contributed by atoms with Gasteiger partial charge in [-0.3, -0.25) is 9.78 Å². The summed E-state index contributed by atoms with van der Waals surface area (Å²) in [5, 5.41) is 2.99. The summed E-state index contributed by atoms with van der Waals surface area (Å²) in [6, 6.07) is 5.86. The van der Waals surface area contributed by atoms with Gasteiger partial charge in [0, 0.05) is 30.4 Å². The first-order valence-corrected chi connectivity index (χ1v) is 12.5. The minimum atomic E-state index is -3.03. The Bertz CT molecular complexity index is 1000. The second kappa shape index (κ2) is 8.79. The van der Waals surface area contributed by atoms with Crippen LogP contribution in [0.3, 0.4) is 0 Å². The zero-order valence-electron chi connectivity index (χ0n) is 17.3. The van der Waals surface area contributed by atoms with Gasteiger partial charge in [-0.1, -0.05) is 6.07 Å². The molecule has 30 heavy (non-hydrogen) atoms. The van der Waals surface area contributed by atoms with Gasteiger partial charge < -0.3 is 5.32 Å². The lowest BCUT2D eigenvalue weighted by molar-refractivity contribution is -0.124. The lowest BCUT2D eigenvalue weighted by Gasteiger charge is -2.29. The first kappa shape index (κ1) is 20.9. The highest BCUT2D eigenvalue weighted by molar-refractivity contribution is 7.91. The molecule has 160 valence electrons. The predicted octanol–water partition coefficient (Wildman–Crippen LogP) is 2.67. The lowest BCUT2D eigenvalue weighted by Crippen LogP contribution is -2.36. The van der Waals surface area contributed by atoms with E-state index in [1.807, 2.05) is 31.3 Å². The average Bonchev–Trinajstić information content (AvgIpc) is 3.13. The van der Waals surface area contributed by atoms with Crippen LogP contribution in [0.25, 0.3) is 11.3 Å². The normalized spacial score (nSPS) is 25.7. The molecule has 4 rings (SSSR count). The Kier molecular flexibility index (Phi) is 6.13. The van der Waals surface area contributed by atoms with Crippen LogP contribution in [0.4, 0.5) is 0 Å². The van der Waals surface area contributed by atoms with E-state index in [-0.39, 0.29) is 23.3 Å². The topological polar surface area (TPSA) is 102 Å². The first-order chi connectivity index (χ1) is 14.4. The SMILES string of the molecule is Cc1ncc(-c2ccccn2)c(C2CCC(CNC(=O)C3CCS(=O)(=O)C3)CC2)n1. The van der Waals surface area contributed by atoms with E-state index >= 15 is 0 Å². The molecule has 1 atom stereocenters. The molecule has 3 heterocycles. The van der Waals surface area contributed by atoms with Crippen molar-refractivity contribution in [2.75, 3.05) is 18.1 Å². The van der Waals surface area contributed by atoms with Crippen molar-refractivity contribution >= 4 is 15.7 Å². The van der Waals surface area contributed by atoms with Crippen molar-refractivity contribution in [1.29, 1.82) is 0 Å². The van der Waals surface area contributed by atoms with Crippen LogP contribution in [-0.4, -0.2) is 47.3 Å². The third-order valence-electron chi connectivity index (χ3n) is 6.28. The number of sulfone groups is 1. The molecule has 2 fully saturated rings. The Hall–Kier alpha value is -2.35. The van der Waals surface area contributed by atoms with Gasteiger partial charge in [0.05, 0.1) is 28.8 Å². The van der Waals surface area contributed by atoms with E-state index in [4.69, 9.17) is 4.98 Å². The third kappa shape index (κ3) is 4.86. The molecule has 2 aromatic heterocycles. The van der Waals surface area contributed by atoms with Gasteiger partial charge in [-0.15, -0.1) is 0 Å². The number of aromatic nitrogens is 3. The number of pyridine rings is 1. The Labute approximate surface area is 177 Å². The minimum absolute atomic E-state index is 0.00502. The molecule has 0 spiro atoms. The van der Waals surface area contributed by atoms with E-state index < -0.39 is 9.84 Å². The standard InChI is InChI=1S/C22H28N4O3S/c1-15-24-13-19(20-4-2-3-10-23-20)21(26-15)17-7-5-16(6-8-17)12-25-22(27)18-9-11-30(28,29)14-18/h2-4,10,13,16-18H,5-9,11-12,14H2,1H3,(H,25,27). The number of nitrogens with one attached hydrogen (secondary N) is 1. The molecular formula is C22H28N4O3S. The van der Waals surface area contributed by atoms with E-state index in [0.717, 1.165) is 48.5 Å². The highest BCUT2D eigenvalue weighted by Crippen LogP contribution is 2.38. The molecule has 8 heteroatoms. The molecule has 2 aliphatic rings. The molecule has 1 amide bonds. The lowest BCUT2D eigenvalue weighted by atomic mass is 9.79. The van der Waals surface area contributed by atoms with Crippen LogP contribution in [0, 0.1) is 18.8 Å². The van der Waals surface area contributed by atoms with Gasteiger partial charge in [-0.25, -0.2) is 18.4 Å². The van der Waals surface area contributed by atoms with E-state index in [9.17, 15) is 13.2 Å². The summed E-state index contributed by atoms with van der Waals surface area (Å²) in [4.78, 5) is 25.9. The molecule has 0 bridgehead atoms. The Morgan fingerprint density at radius 1 is 1.13 bits per heavy atom. The maximum Gasteiger partial charge on any atom is 0.224 e. The molecule has 1 N–H and O–H groups in total. The Morgan fingerprint density at radius 2 is 1.93 bits per heavy atom. The van der Waals surface area contributed by atoms with Crippen molar-refractivity contribution < 1.29 is 13.2 Å². The number of hydrogen-bond donors (Lipinski definition) is 1. The molecular weight excluding hydrogens is 400 g/mol. The summed E-state index contributed by atoms with van der Waals surface area (Å²) in [7, 11) is -3.03. The highest BCUT2D eigenvalue weighted by atomic mass is 32.2. The number of rotatable bonds is 5. The number of carbonyl (C=O) groups is 1. The summed E-state index contributed by atoms with van der Waals surface area (Å²) < 4.78 is 23.2. The van der Waals surface area contributed by atoms with E-state index in [0.29, 0.717) is 24.8 Å². The van der Waals surface area contributed by atoms with Crippen molar-refractivity contribution in [3.8, 4) is 11.3 Å². The van der Waals surface area contributed by atoms with Gasteiger partial charge in [0.1, 0.15) is 5.82 Å². The van der Waals surface area contributed by atoms with Gasteiger partial charge in [0.15, 0.2) is 9.84 Å². The first-order valence-electron chi connectivity index (χ1n) is 10.6. The molecule has 1 saturated heterocycles. The second-order valence-electron chi connectivity index (χ2n) is 8.49. The molecule has 1 aliphatic heterocycles. The quantitative estimate of drug-likeness (QED) is 0.786. The molecule has 1 saturated carbocycles. The number of carbonyl (C=O) groups excluding carboxylic acids is 1. The fourth-order valence-electron chi connectivity index (χ4n) is 4.55. The Morgan fingerprint density at radius 3 is 2.60 bits per heavy atom. The van der Waals surface area contributed by atoms with Gasteiger partial charge in [0.2, 0.25) is 5.91 Å². The fourth-order valence-corrected chi connectivity index (χ4v) is 6.29.